The molecule has 0 saturated heterocycles. The van der Waals surface area contributed by atoms with Crippen molar-refractivity contribution in [2.24, 2.45) is 0 Å². The number of rotatable bonds is 5. The van der Waals surface area contributed by atoms with Crippen molar-refractivity contribution in [3.05, 3.63) is 46.2 Å². The molecule has 1 aromatic heterocycles. The Balaban J connectivity index is 1.75. The number of hydrogen-bond donors (Lipinski definition) is 2. The summed E-state index contributed by atoms with van der Waals surface area (Å²) in [5, 5.41) is 2.75. The number of nitrogens with one attached hydrogen (secondary N) is 2. The van der Waals surface area contributed by atoms with Crippen molar-refractivity contribution in [2.75, 3.05) is 29.6 Å². The van der Waals surface area contributed by atoms with Crippen LogP contribution in [0.3, 0.4) is 0 Å². The van der Waals surface area contributed by atoms with Crippen LogP contribution in [0.15, 0.2) is 36.4 Å². The van der Waals surface area contributed by atoms with E-state index in [0.717, 1.165) is 11.1 Å². The lowest BCUT2D eigenvalue weighted by Crippen LogP contribution is -2.41. The predicted octanol–water partition coefficient (Wildman–Crippen LogP) is 1.44. The van der Waals surface area contributed by atoms with E-state index < -0.39 is 10.0 Å². The smallest absolute Gasteiger partial charge is 0.268 e. The lowest BCUT2D eigenvalue weighted by atomic mass is 10.2. The molecule has 2 N–H and O–H groups in total. The highest BCUT2D eigenvalue weighted by molar-refractivity contribution is 7.88. The molecule has 2 aromatic rings. The number of sulfonamides is 1. The summed E-state index contributed by atoms with van der Waals surface area (Å²) in [6.07, 6.45) is 1.61. The van der Waals surface area contributed by atoms with Gasteiger partial charge in [-0.1, -0.05) is 12.1 Å². The van der Waals surface area contributed by atoms with Crippen molar-refractivity contribution in [2.45, 2.75) is 6.42 Å². The number of amides is 2. The third-order valence-electron chi connectivity index (χ3n) is 3.62. The molecule has 25 heavy (non-hydrogen) atoms. The Morgan fingerprint density at radius 3 is 2.80 bits per heavy atom. The van der Waals surface area contributed by atoms with Gasteiger partial charge in [0.25, 0.3) is 5.91 Å². The summed E-state index contributed by atoms with van der Waals surface area (Å²) < 4.78 is 24.6. The van der Waals surface area contributed by atoms with Gasteiger partial charge >= 0.3 is 0 Å². The maximum Gasteiger partial charge on any atom is 0.268 e. The van der Waals surface area contributed by atoms with Crippen molar-refractivity contribution in [3.8, 4) is 0 Å². The van der Waals surface area contributed by atoms with Crippen LogP contribution < -0.4 is 14.9 Å². The molecule has 1 aliphatic rings. The summed E-state index contributed by atoms with van der Waals surface area (Å²) in [6, 6.07) is 10.7. The lowest BCUT2D eigenvalue weighted by molar-refractivity contribution is -0.115. The fraction of sp³-hybridized carbons (Fsp3) is 0.250. The number of nitrogens with zero attached hydrogens (tertiary/aromatic N) is 1. The van der Waals surface area contributed by atoms with E-state index >= 15 is 0 Å². The Labute approximate surface area is 149 Å². The average molecular weight is 379 g/mol. The molecule has 0 saturated carbocycles. The number of carbonyl (C=O) groups excluding carboxylic acids is 2. The van der Waals surface area contributed by atoms with E-state index in [1.807, 2.05) is 6.07 Å². The number of para-hydroxylation sites is 2. The number of thiophene rings is 1. The van der Waals surface area contributed by atoms with Gasteiger partial charge in [-0.3, -0.25) is 14.5 Å². The van der Waals surface area contributed by atoms with Crippen molar-refractivity contribution in [1.29, 1.82) is 0 Å². The number of fused-ring (bicyclic) bond motifs is 1. The van der Waals surface area contributed by atoms with E-state index in [1.165, 1.54) is 16.2 Å². The van der Waals surface area contributed by atoms with Crippen molar-refractivity contribution < 1.29 is 18.0 Å². The molecule has 0 radical (unpaired) electrons. The van der Waals surface area contributed by atoms with Crippen LogP contribution in [0.4, 0.5) is 11.4 Å². The Morgan fingerprint density at radius 1 is 1.28 bits per heavy atom. The Bertz CT molecular complexity index is 921. The van der Waals surface area contributed by atoms with Gasteiger partial charge in [0.2, 0.25) is 15.9 Å². The van der Waals surface area contributed by atoms with E-state index in [9.17, 15) is 18.0 Å². The quantitative estimate of drug-likeness (QED) is 0.822. The van der Waals surface area contributed by atoms with Gasteiger partial charge in [-0.25, -0.2) is 13.1 Å². The highest BCUT2D eigenvalue weighted by Crippen LogP contribution is 2.31. The van der Waals surface area contributed by atoms with Gasteiger partial charge in [0.05, 0.1) is 22.5 Å². The number of benzene rings is 1. The first-order valence-corrected chi connectivity index (χ1v) is 10.3. The fourth-order valence-corrected chi connectivity index (χ4v) is 3.96. The monoisotopic (exact) mass is 379 g/mol. The summed E-state index contributed by atoms with van der Waals surface area (Å²) in [5.74, 6) is -0.476. The van der Waals surface area contributed by atoms with E-state index in [-0.39, 0.29) is 24.9 Å². The standard InChI is InChI=1S/C16H17N3O4S2/c1-25(22,23)17-9-8-11-6-7-14(24-11)16(21)19-10-15(20)18-12-4-2-3-5-13(12)19/h2-7,17H,8-10H2,1H3,(H,18,20). The zero-order valence-corrected chi connectivity index (χ0v) is 15.1. The Hall–Kier alpha value is -2.23. The summed E-state index contributed by atoms with van der Waals surface area (Å²) >= 11 is 1.30. The van der Waals surface area contributed by atoms with Crippen LogP contribution in [0.5, 0.6) is 0 Å². The second-order valence-corrected chi connectivity index (χ2v) is 8.64. The topological polar surface area (TPSA) is 95.6 Å². The highest BCUT2D eigenvalue weighted by Gasteiger charge is 2.28. The second kappa shape index (κ2) is 6.95. The molecule has 0 spiro atoms. The van der Waals surface area contributed by atoms with Crippen LogP contribution >= 0.6 is 11.3 Å². The zero-order chi connectivity index (χ0) is 18.0. The third-order valence-corrected chi connectivity index (χ3v) is 5.49. The first-order valence-electron chi connectivity index (χ1n) is 7.57. The zero-order valence-electron chi connectivity index (χ0n) is 13.5. The Morgan fingerprint density at radius 2 is 2.04 bits per heavy atom. The number of anilines is 2. The van der Waals surface area contributed by atoms with E-state index in [2.05, 4.69) is 10.0 Å². The van der Waals surface area contributed by atoms with Gasteiger partial charge in [-0.15, -0.1) is 11.3 Å². The maximum absolute atomic E-state index is 12.8. The van der Waals surface area contributed by atoms with Crippen molar-refractivity contribution in [3.63, 3.8) is 0 Å². The lowest BCUT2D eigenvalue weighted by Gasteiger charge is -2.28. The summed E-state index contributed by atoms with van der Waals surface area (Å²) in [7, 11) is -3.23. The molecule has 3 rings (SSSR count). The molecule has 0 bridgehead atoms. The van der Waals surface area contributed by atoms with Gasteiger partial charge in [-0.05, 0) is 30.7 Å². The molecule has 0 atom stereocenters. The highest BCUT2D eigenvalue weighted by atomic mass is 32.2. The van der Waals surface area contributed by atoms with Gasteiger partial charge in [0, 0.05) is 11.4 Å². The summed E-state index contributed by atoms with van der Waals surface area (Å²) in [4.78, 5) is 27.5. The Kier molecular flexibility index (Phi) is 4.89. The molecule has 7 nitrogen and oxygen atoms in total. The minimum atomic E-state index is -3.23. The van der Waals surface area contributed by atoms with E-state index in [1.54, 1.807) is 30.3 Å². The van der Waals surface area contributed by atoms with Gasteiger partial charge in [0.1, 0.15) is 6.54 Å². The first kappa shape index (κ1) is 17.6. The molecule has 9 heteroatoms. The predicted molar refractivity (Wildman–Crippen MR) is 97.6 cm³/mol. The van der Waals surface area contributed by atoms with Crippen molar-refractivity contribution in [1.82, 2.24) is 4.72 Å². The van der Waals surface area contributed by atoms with Crippen molar-refractivity contribution >= 4 is 44.5 Å². The largest absolute Gasteiger partial charge is 0.323 e. The normalized spacial score (nSPS) is 14.1. The van der Waals surface area contributed by atoms with Crippen LogP contribution in [0, 0.1) is 0 Å². The maximum atomic E-state index is 12.8. The van der Waals surface area contributed by atoms with Crippen LogP contribution in [0.25, 0.3) is 0 Å². The molecule has 2 amide bonds. The van der Waals surface area contributed by atoms with Gasteiger partial charge in [0.15, 0.2) is 0 Å². The van der Waals surface area contributed by atoms with E-state index in [0.29, 0.717) is 22.7 Å². The van der Waals surface area contributed by atoms with Crippen LogP contribution in [0.2, 0.25) is 0 Å². The minimum absolute atomic E-state index is 0.0291. The van der Waals surface area contributed by atoms with E-state index in [4.69, 9.17) is 0 Å². The average Bonchev–Trinajstić information content (AvgIpc) is 3.01. The molecular weight excluding hydrogens is 362 g/mol. The molecule has 1 aromatic carbocycles. The molecule has 2 heterocycles. The third kappa shape index (κ3) is 4.25. The molecule has 0 fully saturated rings. The second-order valence-electron chi connectivity index (χ2n) is 5.64. The van der Waals surface area contributed by atoms with Gasteiger partial charge < -0.3 is 5.32 Å². The SMILES string of the molecule is CS(=O)(=O)NCCc1ccc(C(=O)N2CC(=O)Nc3ccccc32)s1. The van der Waals surface area contributed by atoms with Gasteiger partial charge in [-0.2, -0.15) is 0 Å². The molecule has 0 aliphatic carbocycles. The molecule has 0 unspecified atom stereocenters. The van der Waals surface area contributed by atoms with Crippen LogP contribution in [-0.2, 0) is 21.2 Å². The number of carbonyl (C=O) groups is 2. The first-order chi connectivity index (χ1) is 11.8. The minimum Gasteiger partial charge on any atom is -0.323 e. The molecular formula is C16H17N3O4S2. The molecule has 1 aliphatic heterocycles. The number of hydrogen-bond acceptors (Lipinski definition) is 5. The fourth-order valence-electron chi connectivity index (χ4n) is 2.53. The van der Waals surface area contributed by atoms with Crippen LogP contribution in [-0.4, -0.2) is 39.6 Å². The van der Waals surface area contributed by atoms with Crippen LogP contribution in [0.1, 0.15) is 14.5 Å². The summed E-state index contributed by atoms with van der Waals surface area (Å²) in [5.41, 5.74) is 1.28. The molecule has 132 valence electrons. The summed E-state index contributed by atoms with van der Waals surface area (Å²) in [6.45, 7) is 0.251.